The number of halogens is 1. The van der Waals surface area contributed by atoms with Gasteiger partial charge in [-0.2, -0.15) is 0 Å². The maximum absolute atomic E-state index is 13.7. The Kier molecular flexibility index (Phi) is 6.01. The van der Waals surface area contributed by atoms with Crippen LogP contribution in [0.15, 0.2) is 120 Å². The molecule has 0 spiro atoms. The zero-order chi connectivity index (χ0) is 22.6. The Morgan fingerprint density at radius 3 is 1.94 bits per heavy atom. The number of hydrogen-bond acceptors (Lipinski definition) is 2. The van der Waals surface area contributed by atoms with Crippen molar-refractivity contribution in [2.45, 2.75) is 6.04 Å². The average Bonchev–Trinajstić information content (AvgIpc) is 2.88. The first-order valence-corrected chi connectivity index (χ1v) is 11.5. The minimum Gasteiger partial charge on any atom is -0.341 e. The molecule has 160 valence electrons. The zero-order valence-corrected chi connectivity index (χ0v) is 19.4. The number of rotatable bonds is 5. The van der Waals surface area contributed by atoms with Gasteiger partial charge in [0.05, 0.1) is 22.8 Å². The molecule has 0 radical (unpaired) electrons. The van der Waals surface area contributed by atoms with E-state index >= 15 is 0 Å². The molecule has 0 aliphatic heterocycles. The lowest BCUT2D eigenvalue weighted by atomic mass is 9.97. The van der Waals surface area contributed by atoms with Crippen LogP contribution in [0.25, 0.3) is 22.2 Å². The summed E-state index contributed by atoms with van der Waals surface area (Å²) in [5, 5.41) is 4.10. The van der Waals surface area contributed by atoms with Crippen molar-refractivity contribution < 1.29 is 4.79 Å². The monoisotopic (exact) mass is 492 g/mol. The van der Waals surface area contributed by atoms with Crippen LogP contribution in [0.2, 0.25) is 0 Å². The van der Waals surface area contributed by atoms with Crippen molar-refractivity contribution in [2.24, 2.45) is 0 Å². The SMILES string of the molecule is O=C(NC(c1ccccc1)c1ccccc1)c1cc(-c2ccc(Br)cc2)nc2ccccc12. The largest absolute Gasteiger partial charge is 0.341 e. The van der Waals surface area contributed by atoms with E-state index in [1.807, 2.05) is 115 Å². The van der Waals surface area contributed by atoms with Crippen LogP contribution in [0.5, 0.6) is 0 Å². The molecular weight excluding hydrogens is 472 g/mol. The van der Waals surface area contributed by atoms with Crippen molar-refractivity contribution in [1.82, 2.24) is 10.3 Å². The molecule has 5 rings (SSSR count). The fourth-order valence-electron chi connectivity index (χ4n) is 3.99. The molecule has 0 aliphatic carbocycles. The summed E-state index contributed by atoms with van der Waals surface area (Å²) in [5.41, 5.74) is 5.18. The van der Waals surface area contributed by atoms with Crippen LogP contribution in [0.1, 0.15) is 27.5 Å². The van der Waals surface area contributed by atoms with E-state index in [0.717, 1.165) is 37.8 Å². The summed E-state index contributed by atoms with van der Waals surface area (Å²) in [5.74, 6) is -0.135. The van der Waals surface area contributed by atoms with Gasteiger partial charge < -0.3 is 5.32 Å². The summed E-state index contributed by atoms with van der Waals surface area (Å²) in [6.45, 7) is 0. The second-order valence-electron chi connectivity index (χ2n) is 7.81. The molecule has 33 heavy (non-hydrogen) atoms. The third-order valence-corrected chi connectivity index (χ3v) is 6.17. The quantitative estimate of drug-likeness (QED) is 0.282. The van der Waals surface area contributed by atoms with Crippen molar-refractivity contribution in [3.05, 3.63) is 136 Å². The fourth-order valence-corrected chi connectivity index (χ4v) is 4.26. The summed E-state index contributed by atoms with van der Waals surface area (Å²) < 4.78 is 0.999. The molecule has 1 aromatic heterocycles. The van der Waals surface area contributed by atoms with Gasteiger partial charge in [0.15, 0.2) is 0 Å². The lowest BCUT2D eigenvalue weighted by molar-refractivity contribution is 0.0944. The molecule has 0 fully saturated rings. The summed E-state index contributed by atoms with van der Waals surface area (Å²) in [4.78, 5) is 18.5. The first-order valence-electron chi connectivity index (χ1n) is 10.8. The van der Waals surface area contributed by atoms with Crippen LogP contribution in [0.3, 0.4) is 0 Å². The molecule has 1 heterocycles. The van der Waals surface area contributed by atoms with Gasteiger partial charge in [0, 0.05) is 15.4 Å². The number of carbonyl (C=O) groups is 1. The summed E-state index contributed by atoms with van der Waals surface area (Å²) in [6, 6.07) is 37.4. The number of amides is 1. The molecule has 0 atom stereocenters. The van der Waals surface area contributed by atoms with Gasteiger partial charge in [-0.25, -0.2) is 4.98 Å². The third-order valence-electron chi connectivity index (χ3n) is 5.64. The average molecular weight is 493 g/mol. The molecule has 0 aliphatic rings. The van der Waals surface area contributed by atoms with Crippen LogP contribution < -0.4 is 5.32 Å². The zero-order valence-electron chi connectivity index (χ0n) is 17.8. The van der Waals surface area contributed by atoms with E-state index in [0.29, 0.717) is 5.56 Å². The first kappa shape index (κ1) is 21.1. The van der Waals surface area contributed by atoms with E-state index in [9.17, 15) is 4.79 Å². The maximum atomic E-state index is 13.7. The van der Waals surface area contributed by atoms with Gasteiger partial charge in [0.1, 0.15) is 0 Å². The highest BCUT2D eigenvalue weighted by molar-refractivity contribution is 9.10. The van der Waals surface area contributed by atoms with Crippen molar-refractivity contribution >= 4 is 32.7 Å². The maximum Gasteiger partial charge on any atom is 0.252 e. The topological polar surface area (TPSA) is 42.0 Å². The van der Waals surface area contributed by atoms with Gasteiger partial charge in [0.25, 0.3) is 5.91 Å². The van der Waals surface area contributed by atoms with Crippen molar-refractivity contribution in [2.75, 3.05) is 0 Å². The van der Waals surface area contributed by atoms with Crippen LogP contribution in [0, 0.1) is 0 Å². The summed E-state index contributed by atoms with van der Waals surface area (Å²) in [6.07, 6.45) is 0. The lowest BCUT2D eigenvalue weighted by Crippen LogP contribution is -2.29. The lowest BCUT2D eigenvalue weighted by Gasteiger charge is -2.21. The number of fused-ring (bicyclic) bond motifs is 1. The molecule has 1 N–H and O–H groups in total. The van der Waals surface area contributed by atoms with Crippen molar-refractivity contribution in [3.8, 4) is 11.3 Å². The number of nitrogens with zero attached hydrogens (tertiary/aromatic N) is 1. The second kappa shape index (κ2) is 9.39. The number of aromatic nitrogens is 1. The summed E-state index contributed by atoms with van der Waals surface area (Å²) in [7, 11) is 0. The highest BCUT2D eigenvalue weighted by Gasteiger charge is 2.20. The van der Waals surface area contributed by atoms with Gasteiger partial charge in [0.2, 0.25) is 0 Å². The number of para-hydroxylation sites is 1. The van der Waals surface area contributed by atoms with Crippen molar-refractivity contribution in [1.29, 1.82) is 0 Å². The van der Waals surface area contributed by atoms with Gasteiger partial charge in [-0.15, -0.1) is 0 Å². The minimum absolute atomic E-state index is 0.135. The van der Waals surface area contributed by atoms with E-state index in [1.54, 1.807) is 0 Å². The predicted octanol–water partition coefficient (Wildman–Crippen LogP) is 7.18. The molecule has 4 heteroatoms. The Balaban J connectivity index is 1.59. The molecule has 0 bridgehead atoms. The van der Waals surface area contributed by atoms with Crippen LogP contribution in [-0.2, 0) is 0 Å². The van der Waals surface area contributed by atoms with E-state index in [1.165, 1.54) is 0 Å². The number of carbonyl (C=O) groups excluding carboxylic acids is 1. The third kappa shape index (κ3) is 4.57. The van der Waals surface area contributed by atoms with Gasteiger partial charge >= 0.3 is 0 Å². The Morgan fingerprint density at radius 1 is 0.727 bits per heavy atom. The molecular formula is C29H21BrN2O. The van der Waals surface area contributed by atoms with E-state index in [4.69, 9.17) is 4.98 Å². The predicted molar refractivity (Wildman–Crippen MR) is 137 cm³/mol. The number of pyridine rings is 1. The molecule has 1 amide bonds. The second-order valence-corrected chi connectivity index (χ2v) is 8.72. The minimum atomic E-state index is -0.261. The molecule has 0 saturated carbocycles. The van der Waals surface area contributed by atoms with Crippen LogP contribution in [0.4, 0.5) is 0 Å². The van der Waals surface area contributed by atoms with Gasteiger partial charge in [-0.1, -0.05) is 107 Å². The highest BCUT2D eigenvalue weighted by atomic mass is 79.9. The molecule has 3 nitrogen and oxygen atoms in total. The standard InChI is InChI=1S/C29H21BrN2O/c30-23-17-15-20(16-18-23)27-19-25(24-13-7-8-14-26(24)31-27)29(33)32-28(21-9-3-1-4-10-21)22-11-5-2-6-12-22/h1-19,28H,(H,32,33). The van der Waals surface area contributed by atoms with E-state index in [-0.39, 0.29) is 11.9 Å². The molecule has 0 saturated heterocycles. The van der Waals surface area contributed by atoms with Crippen molar-refractivity contribution in [3.63, 3.8) is 0 Å². The number of benzene rings is 4. The Morgan fingerprint density at radius 2 is 1.30 bits per heavy atom. The van der Waals surface area contributed by atoms with Gasteiger partial charge in [-0.05, 0) is 35.4 Å². The normalized spacial score (nSPS) is 11.0. The Labute approximate surface area is 201 Å². The van der Waals surface area contributed by atoms with E-state index < -0.39 is 0 Å². The van der Waals surface area contributed by atoms with Crippen LogP contribution in [-0.4, -0.2) is 10.9 Å². The smallest absolute Gasteiger partial charge is 0.252 e. The van der Waals surface area contributed by atoms with Gasteiger partial charge in [-0.3, -0.25) is 4.79 Å². The molecule has 0 unspecified atom stereocenters. The Hall–Kier alpha value is -3.76. The van der Waals surface area contributed by atoms with E-state index in [2.05, 4.69) is 21.2 Å². The molecule has 4 aromatic carbocycles. The Bertz CT molecular complexity index is 1360. The number of nitrogens with one attached hydrogen (secondary N) is 1. The highest BCUT2D eigenvalue weighted by Crippen LogP contribution is 2.28. The summed E-state index contributed by atoms with van der Waals surface area (Å²) >= 11 is 3.48. The molecule has 5 aromatic rings. The first-order chi connectivity index (χ1) is 16.2. The number of hydrogen-bond donors (Lipinski definition) is 1. The fraction of sp³-hybridized carbons (Fsp3) is 0.0345. The van der Waals surface area contributed by atoms with Crippen LogP contribution >= 0.6 is 15.9 Å².